The van der Waals surface area contributed by atoms with Gasteiger partial charge in [-0.2, -0.15) is 5.01 Å². The van der Waals surface area contributed by atoms with Gasteiger partial charge in [0.15, 0.2) is 5.78 Å². The van der Waals surface area contributed by atoms with Crippen LogP contribution in [0.4, 0.5) is 0 Å². The Morgan fingerprint density at radius 1 is 0.971 bits per heavy atom. The number of fused-ring (bicyclic) bond motifs is 1. The van der Waals surface area contributed by atoms with Gasteiger partial charge in [0.1, 0.15) is 6.04 Å². The molecule has 2 fully saturated rings. The van der Waals surface area contributed by atoms with Gasteiger partial charge < -0.3 is 0 Å². The summed E-state index contributed by atoms with van der Waals surface area (Å²) in [6.45, 7) is 1.50. The second kappa shape index (κ2) is 10.1. The Labute approximate surface area is 223 Å². The predicted octanol–water partition coefficient (Wildman–Crippen LogP) is 5.54. The lowest BCUT2D eigenvalue weighted by atomic mass is 9.81. The van der Waals surface area contributed by atoms with Gasteiger partial charge in [0.2, 0.25) is 0 Å². The average molecular weight is 631 g/mol. The molecule has 1 saturated carbocycles. The van der Waals surface area contributed by atoms with Crippen molar-refractivity contribution in [3.8, 4) is 0 Å². The third-order valence-corrected chi connectivity index (χ3v) is 9.56. The number of Topliss-reactive ketones (excluding diaryl/α,β-unsaturated/α-hetero) is 1. The van der Waals surface area contributed by atoms with Gasteiger partial charge in [-0.1, -0.05) is 85.4 Å². The summed E-state index contributed by atoms with van der Waals surface area (Å²) in [5.74, 6) is -3.30. The zero-order valence-electron chi connectivity index (χ0n) is 18.0. The highest BCUT2D eigenvalue weighted by Crippen LogP contribution is 2.44. The normalized spacial score (nSPS) is 25.1. The third kappa shape index (κ3) is 4.57. The van der Waals surface area contributed by atoms with Crippen LogP contribution in [-0.2, 0) is 9.59 Å². The summed E-state index contributed by atoms with van der Waals surface area (Å²) in [6, 6.07) is 11.6. The van der Waals surface area contributed by atoms with E-state index < -0.39 is 41.4 Å². The molecule has 0 spiro atoms. The van der Waals surface area contributed by atoms with Crippen LogP contribution >= 0.6 is 55.1 Å². The van der Waals surface area contributed by atoms with Crippen LogP contribution in [0.1, 0.15) is 40.5 Å². The van der Waals surface area contributed by atoms with Gasteiger partial charge in [-0.3, -0.25) is 19.2 Å². The number of alkyl halides is 2. The van der Waals surface area contributed by atoms with Gasteiger partial charge in [-0.25, -0.2) is 5.01 Å². The summed E-state index contributed by atoms with van der Waals surface area (Å²) in [5.41, 5.74) is 0.388. The Kier molecular flexibility index (Phi) is 7.53. The first-order valence-electron chi connectivity index (χ1n) is 10.7. The highest BCUT2D eigenvalue weighted by atomic mass is 79.9. The minimum absolute atomic E-state index is 0.00341. The van der Waals surface area contributed by atoms with Crippen molar-refractivity contribution in [3.63, 3.8) is 0 Å². The van der Waals surface area contributed by atoms with Crippen molar-refractivity contribution in [2.45, 2.75) is 35.5 Å². The molecule has 1 aliphatic heterocycles. The molecular formula is C24H20Br2Cl2N2O4. The third-order valence-electron chi connectivity index (χ3n) is 6.28. The first-order valence-corrected chi connectivity index (χ1v) is 13.2. The van der Waals surface area contributed by atoms with Crippen LogP contribution in [0.3, 0.4) is 0 Å². The van der Waals surface area contributed by atoms with Crippen LogP contribution in [0.2, 0.25) is 10.0 Å². The quantitative estimate of drug-likeness (QED) is 0.247. The Balaban J connectivity index is 1.77. The molecule has 6 nitrogen and oxygen atoms in total. The second-order valence-electron chi connectivity index (χ2n) is 8.38. The number of hydrogen-bond acceptors (Lipinski definition) is 4. The van der Waals surface area contributed by atoms with Crippen molar-refractivity contribution in [2.75, 3.05) is 0 Å². The number of carbonyl (C=O) groups excluding carboxylic acids is 4. The lowest BCUT2D eigenvalue weighted by Crippen LogP contribution is -2.56. The summed E-state index contributed by atoms with van der Waals surface area (Å²) >= 11 is 19.4. The van der Waals surface area contributed by atoms with E-state index in [1.807, 2.05) is 0 Å². The number of ketones is 1. The van der Waals surface area contributed by atoms with Crippen LogP contribution in [0.25, 0.3) is 0 Å². The van der Waals surface area contributed by atoms with Gasteiger partial charge in [0.25, 0.3) is 17.7 Å². The van der Waals surface area contributed by atoms with Crippen molar-refractivity contribution in [2.24, 2.45) is 11.8 Å². The van der Waals surface area contributed by atoms with Crippen molar-refractivity contribution in [1.29, 1.82) is 0 Å². The van der Waals surface area contributed by atoms with Gasteiger partial charge >= 0.3 is 0 Å². The largest absolute Gasteiger partial charge is 0.292 e. The molecule has 5 atom stereocenters. The van der Waals surface area contributed by atoms with E-state index in [1.165, 1.54) is 25.1 Å². The molecule has 3 amide bonds. The number of carbonyl (C=O) groups is 4. The van der Waals surface area contributed by atoms with E-state index in [1.54, 1.807) is 30.3 Å². The molecule has 0 aromatic heterocycles. The number of rotatable bonds is 5. The fraction of sp³-hybridized carbons (Fsp3) is 0.333. The molecule has 178 valence electrons. The highest BCUT2D eigenvalue weighted by Gasteiger charge is 2.55. The van der Waals surface area contributed by atoms with Crippen LogP contribution in [0, 0.1) is 11.8 Å². The van der Waals surface area contributed by atoms with E-state index in [9.17, 15) is 19.2 Å². The molecule has 0 N–H and O–H groups in total. The summed E-state index contributed by atoms with van der Waals surface area (Å²) in [4.78, 5) is 54.1. The Bertz CT molecular complexity index is 1130. The molecule has 1 aliphatic carbocycles. The molecule has 0 bridgehead atoms. The van der Waals surface area contributed by atoms with Crippen LogP contribution in [0.5, 0.6) is 0 Å². The maximum absolute atomic E-state index is 13.7. The van der Waals surface area contributed by atoms with E-state index in [4.69, 9.17) is 23.2 Å². The number of imide groups is 1. The maximum atomic E-state index is 13.7. The molecule has 10 heteroatoms. The summed E-state index contributed by atoms with van der Waals surface area (Å²) in [6.07, 6.45) is 0.874. The topological polar surface area (TPSA) is 74.8 Å². The SMILES string of the molecule is C[C@H](C(=O)c1ccccc1)N(C(=O)c1ccc(Cl)cc1Cl)N1C(=O)[C@@H]2C[C@@H](Br)[C@@H](Br)C[C@H]2C1=O. The fourth-order valence-electron chi connectivity index (χ4n) is 4.47. The molecular weight excluding hydrogens is 611 g/mol. The average Bonchev–Trinajstić information content (AvgIpc) is 3.04. The number of hydrazine groups is 1. The van der Waals surface area contributed by atoms with Crippen LogP contribution in [0.15, 0.2) is 48.5 Å². The molecule has 1 heterocycles. The van der Waals surface area contributed by atoms with Gasteiger partial charge in [-0.05, 0) is 38.0 Å². The van der Waals surface area contributed by atoms with Gasteiger partial charge in [0, 0.05) is 20.2 Å². The monoisotopic (exact) mass is 628 g/mol. The van der Waals surface area contributed by atoms with Gasteiger partial charge in [-0.15, -0.1) is 0 Å². The van der Waals surface area contributed by atoms with E-state index >= 15 is 0 Å². The van der Waals surface area contributed by atoms with Crippen LogP contribution < -0.4 is 0 Å². The van der Waals surface area contributed by atoms with E-state index in [0.717, 1.165) is 10.0 Å². The molecule has 0 radical (unpaired) electrons. The Hall–Kier alpha value is -1.74. The highest BCUT2D eigenvalue weighted by molar-refractivity contribution is 9.12. The minimum atomic E-state index is -1.14. The van der Waals surface area contributed by atoms with Gasteiger partial charge in [0.05, 0.1) is 22.4 Å². The summed E-state index contributed by atoms with van der Waals surface area (Å²) in [7, 11) is 0. The second-order valence-corrected chi connectivity index (χ2v) is 11.6. The number of halogens is 4. The molecule has 2 aromatic rings. The molecule has 1 saturated heterocycles. The summed E-state index contributed by atoms with van der Waals surface area (Å²) in [5, 5.41) is 2.20. The lowest BCUT2D eigenvalue weighted by Gasteiger charge is -2.35. The standard InChI is InChI=1S/C24H20Br2Cl2N2O4/c1-12(21(31)13-5-3-2-4-6-13)29(22(32)15-8-7-14(27)9-20(15)28)30-23(33)16-10-18(25)19(26)11-17(16)24(30)34/h2-9,12,16-19H,10-11H2,1H3/t12-,16-,17-,18-,19+/m1/s1. The van der Waals surface area contributed by atoms with Crippen molar-refractivity contribution < 1.29 is 19.2 Å². The van der Waals surface area contributed by atoms with Crippen molar-refractivity contribution in [1.82, 2.24) is 10.0 Å². The summed E-state index contributed by atoms with van der Waals surface area (Å²) < 4.78 is 0. The molecule has 4 rings (SSSR count). The minimum Gasteiger partial charge on any atom is -0.292 e. The number of hydrogen-bond donors (Lipinski definition) is 0. The van der Waals surface area contributed by atoms with E-state index in [0.29, 0.717) is 23.4 Å². The number of amides is 3. The smallest absolute Gasteiger partial charge is 0.275 e. The van der Waals surface area contributed by atoms with Crippen LogP contribution in [-0.4, -0.2) is 49.2 Å². The zero-order chi connectivity index (χ0) is 24.7. The fourth-order valence-corrected chi connectivity index (χ4v) is 6.20. The first-order chi connectivity index (χ1) is 16.1. The van der Waals surface area contributed by atoms with Crippen molar-refractivity contribution >= 4 is 78.6 Å². The van der Waals surface area contributed by atoms with Crippen molar-refractivity contribution in [3.05, 3.63) is 69.7 Å². The Morgan fingerprint density at radius 2 is 1.53 bits per heavy atom. The molecule has 2 aromatic carbocycles. The first kappa shape index (κ1) is 25.4. The molecule has 34 heavy (non-hydrogen) atoms. The number of benzene rings is 2. The molecule has 0 unspecified atom stereocenters. The molecule has 2 aliphatic rings. The predicted molar refractivity (Wildman–Crippen MR) is 136 cm³/mol. The van der Waals surface area contributed by atoms with E-state index in [-0.39, 0.29) is 20.2 Å². The lowest BCUT2D eigenvalue weighted by molar-refractivity contribution is -0.156. The number of nitrogens with zero attached hydrogens (tertiary/aromatic N) is 2. The Morgan fingerprint density at radius 3 is 2.06 bits per heavy atom. The zero-order valence-corrected chi connectivity index (χ0v) is 22.6. The van der Waals surface area contributed by atoms with E-state index in [2.05, 4.69) is 31.9 Å². The maximum Gasteiger partial charge on any atom is 0.275 e.